The number of hydrogen-bond donors (Lipinski definition) is 1. The summed E-state index contributed by atoms with van der Waals surface area (Å²) in [4.78, 5) is 22.6. The first-order valence-electron chi connectivity index (χ1n) is 11.8. The number of fused-ring (bicyclic) bond motifs is 1. The fourth-order valence-electron chi connectivity index (χ4n) is 5.29. The van der Waals surface area contributed by atoms with Crippen LogP contribution in [0.5, 0.6) is 0 Å². The second-order valence-corrected chi connectivity index (χ2v) is 9.15. The van der Waals surface area contributed by atoms with Crippen LogP contribution in [0.1, 0.15) is 42.7 Å². The molecule has 2 amide bonds. The van der Waals surface area contributed by atoms with Crippen molar-refractivity contribution in [3.05, 3.63) is 59.9 Å². The van der Waals surface area contributed by atoms with Crippen molar-refractivity contribution in [3.8, 4) is 6.07 Å². The molecule has 0 unspecified atom stereocenters. The van der Waals surface area contributed by atoms with Gasteiger partial charge in [-0.05, 0) is 68.0 Å². The summed E-state index contributed by atoms with van der Waals surface area (Å²) in [5.41, 5.74) is 2.90. The highest BCUT2D eigenvalue weighted by Crippen LogP contribution is 2.32. The van der Waals surface area contributed by atoms with Crippen molar-refractivity contribution >= 4 is 22.8 Å². The van der Waals surface area contributed by atoms with Gasteiger partial charge in [-0.3, -0.25) is 4.90 Å². The maximum atomic E-state index is 14.0. The number of aromatic nitrogens is 2. The number of pyridine rings is 1. The van der Waals surface area contributed by atoms with Gasteiger partial charge in [0.1, 0.15) is 0 Å². The van der Waals surface area contributed by atoms with Crippen molar-refractivity contribution in [3.63, 3.8) is 0 Å². The molecule has 0 aliphatic carbocycles. The summed E-state index contributed by atoms with van der Waals surface area (Å²) < 4.78 is 2.06. The Labute approximate surface area is 194 Å². The van der Waals surface area contributed by atoms with Gasteiger partial charge in [0.15, 0.2) is 5.82 Å². The zero-order valence-electron chi connectivity index (χ0n) is 19.1. The number of piperidine rings is 2. The Morgan fingerprint density at radius 3 is 2.82 bits per heavy atom. The lowest BCUT2D eigenvalue weighted by molar-refractivity contribution is 0.183. The van der Waals surface area contributed by atoms with Gasteiger partial charge in [0, 0.05) is 44.5 Å². The van der Waals surface area contributed by atoms with E-state index in [-0.39, 0.29) is 12.1 Å². The van der Waals surface area contributed by atoms with Gasteiger partial charge in [0.25, 0.3) is 0 Å². The van der Waals surface area contributed by atoms with E-state index in [4.69, 9.17) is 4.98 Å². The van der Waals surface area contributed by atoms with Crippen LogP contribution >= 0.6 is 0 Å². The zero-order chi connectivity index (χ0) is 22.8. The second kappa shape index (κ2) is 9.24. The van der Waals surface area contributed by atoms with Crippen LogP contribution in [0.4, 0.5) is 10.6 Å². The average Bonchev–Trinajstić information content (AvgIpc) is 3.26. The van der Waals surface area contributed by atoms with Crippen molar-refractivity contribution in [1.29, 1.82) is 5.26 Å². The first-order chi connectivity index (χ1) is 16.2. The maximum Gasteiger partial charge on any atom is 0.326 e. The smallest absolute Gasteiger partial charge is 0.326 e. The highest BCUT2D eigenvalue weighted by Gasteiger charge is 2.34. The van der Waals surface area contributed by atoms with Crippen LogP contribution in [0.15, 0.2) is 48.8 Å². The topological polar surface area (TPSA) is 77.2 Å². The molecule has 0 bridgehead atoms. The van der Waals surface area contributed by atoms with Crippen molar-refractivity contribution < 1.29 is 4.79 Å². The van der Waals surface area contributed by atoms with E-state index in [0.717, 1.165) is 55.5 Å². The van der Waals surface area contributed by atoms with E-state index >= 15 is 0 Å². The second-order valence-electron chi connectivity index (χ2n) is 9.15. The number of aryl methyl sites for hydroxylation is 1. The van der Waals surface area contributed by atoms with Crippen molar-refractivity contribution in [1.82, 2.24) is 19.8 Å². The molecule has 33 heavy (non-hydrogen) atoms. The standard InChI is InChI=1S/C26H30N6O/c1-30-13-8-21-7-12-29-25(24(21)30)32(23-6-3-11-28-18-23)26(33)31-14-9-20(10-15-31)22-5-2-4-19(16-22)17-27/h2,4-5,7-8,12-13,16,20,23,28H,3,6,9-11,14-15,18H2,1H3/t23-/m1/s1. The first kappa shape index (κ1) is 21.5. The van der Waals surface area contributed by atoms with Crippen LogP contribution in [0, 0.1) is 11.3 Å². The molecule has 3 aromatic rings. The summed E-state index contributed by atoms with van der Waals surface area (Å²) in [5, 5.41) is 13.8. The Morgan fingerprint density at radius 2 is 2.06 bits per heavy atom. The van der Waals surface area contributed by atoms with Gasteiger partial charge in [-0.15, -0.1) is 0 Å². The molecule has 5 rings (SSSR count). The Morgan fingerprint density at radius 1 is 1.21 bits per heavy atom. The average molecular weight is 443 g/mol. The molecule has 4 heterocycles. The molecule has 2 aliphatic rings. The van der Waals surface area contributed by atoms with E-state index in [1.807, 2.05) is 53.5 Å². The van der Waals surface area contributed by atoms with Gasteiger partial charge in [0.2, 0.25) is 0 Å². The van der Waals surface area contributed by atoms with Crippen LogP contribution in [0.2, 0.25) is 0 Å². The molecule has 1 aromatic carbocycles. The number of amides is 2. The van der Waals surface area contributed by atoms with Crippen molar-refractivity contribution in [2.75, 3.05) is 31.1 Å². The quantitative estimate of drug-likeness (QED) is 0.665. The Hall–Kier alpha value is -3.37. The minimum Gasteiger partial charge on any atom is -0.348 e. The zero-order valence-corrected chi connectivity index (χ0v) is 19.1. The third-order valence-electron chi connectivity index (χ3n) is 7.09. The first-order valence-corrected chi connectivity index (χ1v) is 11.8. The molecule has 0 spiro atoms. The number of carbonyl (C=O) groups excluding carboxylic acids is 1. The van der Waals surface area contributed by atoms with Crippen LogP contribution in [0.25, 0.3) is 10.9 Å². The minimum absolute atomic E-state index is 0.0501. The van der Waals surface area contributed by atoms with E-state index < -0.39 is 0 Å². The Kier molecular flexibility index (Phi) is 6.01. The maximum absolute atomic E-state index is 14.0. The Balaban J connectivity index is 1.40. The van der Waals surface area contributed by atoms with Crippen LogP contribution in [0.3, 0.4) is 0 Å². The van der Waals surface area contributed by atoms with Gasteiger partial charge >= 0.3 is 6.03 Å². The van der Waals surface area contributed by atoms with Crippen LogP contribution in [-0.2, 0) is 7.05 Å². The molecule has 0 radical (unpaired) electrons. The summed E-state index contributed by atoms with van der Waals surface area (Å²) in [6.07, 6.45) is 7.66. The molecular weight excluding hydrogens is 412 g/mol. The molecule has 2 aromatic heterocycles. The summed E-state index contributed by atoms with van der Waals surface area (Å²) in [5.74, 6) is 1.13. The number of benzene rings is 1. The van der Waals surface area contributed by atoms with E-state index in [2.05, 4.69) is 28.1 Å². The fourth-order valence-corrected chi connectivity index (χ4v) is 5.29. The predicted octanol–water partition coefficient (Wildman–Crippen LogP) is 4.00. The van der Waals surface area contributed by atoms with Crippen LogP contribution < -0.4 is 10.2 Å². The normalized spacial score (nSPS) is 19.4. The van der Waals surface area contributed by atoms with Crippen molar-refractivity contribution in [2.24, 2.45) is 7.05 Å². The number of nitrogens with one attached hydrogen (secondary N) is 1. The number of hydrogen-bond acceptors (Lipinski definition) is 4. The lowest BCUT2D eigenvalue weighted by Crippen LogP contribution is -2.55. The monoisotopic (exact) mass is 442 g/mol. The van der Waals surface area contributed by atoms with Gasteiger partial charge in [-0.1, -0.05) is 12.1 Å². The highest BCUT2D eigenvalue weighted by atomic mass is 16.2. The lowest BCUT2D eigenvalue weighted by atomic mass is 9.89. The molecule has 170 valence electrons. The molecule has 2 saturated heterocycles. The summed E-state index contributed by atoms with van der Waals surface area (Å²) in [6, 6.07) is 14.3. The SMILES string of the molecule is Cn1ccc2ccnc(N(C(=O)N3CCC(c4cccc(C#N)c4)CC3)[C@@H]3CCCNC3)c21. The minimum atomic E-state index is 0.0501. The molecule has 1 atom stereocenters. The largest absolute Gasteiger partial charge is 0.348 e. The molecule has 2 aliphatic heterocycles. The molecule has 2 fully saturated rings. The highest BCUT2D eigenvalue weighted by molar-refractivity contribution is 6.00. The number of nitrogens with zero attached hydrogens (tertiary/aromatic N) is 5. The number of likely N-dealkylation sites (tertiary alicyclic amines) is 1. The molecule has 1 N–H and O–H groups in total. The third-order valence-corrected chi connectivity index (χ3v) is 7.09. The fraction of sp³-hybridized carbons (Fsp3) is 0.423. The molecule has 7 heteroatoms. The number of rotatable bonds is 3. The van der Waals surface area contributed by atoms with E-state index in [9.17, 15) is 10.1 Å². The molecule has 0 saturated carbocycles. The number of anilines is 1. The van der Waals surface area contributed by atoms with Gasteiger partial charge in [0.05, 0.1) is 23.2 Å². The lowest BCUT2D eigenvalue weighted by Gasteiger charge is -2.40. The van der Waals surface area contributed by atoms with Gasteiger partial charge < -0.3 is 14.8 Å². The third kappa shape index (κ3) is 4.19. The number of urea groups is 1. The predicted molar refractivity (Wildman–Crippen MR) is 129 cm³/mol. The molecule has 7 nitrogen and oxygen atoms in total. The number of nitriles is 1. The summed E-state index contributed by atoms with van der Waals surface area (Å²) in [7, 11) is 2.01. The van der Waals surface area contributed by atoms with E-state index in [1.165, 1.54) is 5.56 Å². The molecular formula is C26H30N6O. The van der Waals surface area contributed by atoms with E-state index in [0.29, 0.717) is 24.6 Å². The van der Waals surface area contributed by atoms with E-state index in [1.54, 1.807) is 0 Å². The summed E-state index contributed by atoms with van der Waals surface area (Å²) in [6.45, 7) is 3.19. The van der Waals surface area contributed by atoms with Gasteiger partial charge in [-0.25, -0.2) is 9.78 Å². The summed E-state index contributed by atoms with van der Waals surface area (Å²) >= 11 is 0. The van der Waals surface area contributed by atoms with Gasteiger partial charge in [-0.2, -0.15) is 5.26 Å². The van der Waals surface area contributed by atoms with Crippen LogP contribution in [-0.4, -0.2) is 52.7 Å². The Bertz CT molecular complexity index is 1180. The number of carbonyl (C=O) groups is 1. The van der Waals surface area contributed by atoms with Crippen molar-refractivity contribution in [2.45, 2.75) is 37.6 Å².